The van der Waals surface area contributed by atoms with Crippen molar-refractivity contribution < 1.29 is 25.8 Å². The van der Waals surface area contributed by atoms with E-state index in [2.05, 4.69) is 141 Å². The van der Waals surface area contributed by atoms with Crippen LogP contribution in [0, 0.1) is 18.8 Å². The van der Waals surface area contributed by atoms with Crippen LogP contribution >= 0.6 is 0 Å². The molecule has 45 heavy (non-hydrogen) atoms. The molecule has 0 fully saturated rings. The molecule has 1 aliphatic heterocycles. The second-order valence-corrected chi connectivity index (χ2v) is 12.6. The third-order valence-electron chi connectivity index (χ3n) is 8.12. The van der Waals surface area contributed by atoms with E-state index in [0.717, 1.165) is 39.0 Å². The fourth-order valence-corrected chi connectivity index (χ4v) is 5.63. The van der Waals surface area contributed by atoms with Gasteiger partial charge in [0.25, 0.3) is 0 Å². The van der Waals surface area contributed by atoms with Crippen molar-refractivity contribution in [2.75, 3.05) is 9.80 Å². The van der Waals surface area contributed by atoms with Gasteiger partial charge in [-0.2, -0.15) is 12.1 Å². The van der Waals surface area contributed by atoms with E-state index in [4.69, 9.17) is 9.72 Å². The van der Waals surface area contributed by atoms with E-state index in [1.54, 1.807) is 0 Å². The molecule has 4 aromatic carbocycles. The summed E-state index contributed by atoms with van der Waals surface area (Å²) < 4.78 is 8.55. The molecular weight excluding hydrogens is 736 g/mol. The van der Waals surface area contributed by atoms with Crippen LogP contribution in [0.5, 0.6) is 11.5 Å². The third-order valence-corrected chi connectivity index (χ3v) is 8.12. The standard InChI is InChI=1S/C39H35N4O.Pt/c1-27(2)28-18-19-40-38(22-28)43-36-15-7-6-14-34(36)35-17-16-33(25-37(35)43)44-32-13-9-12-31(24-32)42-21-20-41(26-42)30-11-8-10-29(23-30)39(3,4)5;/h6-23,26-27H,1-5H3;/q-3;. The topological polar surface area (TPSA) is 33.5 Å². The Labute approximate surface area is 280 Å². The molecule has 6 aromatic rings. The first-order valence-corrected chi connectivity index (χ1v) is 15.1. The minimum atomic E-state index is 0. The second-order valence-electron chi connectivity index (χ2n) is 12.6. The summed E-state index contributed by atoms with van der Waals surface area (Å²) in [6.07, 6.45) is 5.98. The summed E-state index contributed by atoms with van der Waals surface area (Å²) >= 11 is 0. The minimum absolute atomic E-state index is 0. The smallest absolute Gasteiger partial charge is 0.135 e. The Morgan fingerprint density at radius 2 is 1.56 bits per heavy atom. The maximum atomic E-state index is 6.38. The van der Waals surface area contributed by atoms with E-state index in [9.17, 15) is 0 Å². The quantitative estimate of drug-likeness (QED) is 0.158. The van der Waals surface area contributed by atoms with E-state index in [1.165, 1.54) is 11.1 Å². The van der Waals surface area contributed by atoms with Crippen molar-refractivity contribution in [2.24, 2.45) is 0 Å². The van der Waals surface area contributed by atoms with Crippen LogP contribution in [-0.4, -0.2) is 9.55 Å². The number of para-hydroxylation sites is 1. The van der Waals surface area contributed by atoms with Crippen molar-refractivity contribution in [3.05, 3.63) is 140 Å². The van der Waals surface area contributed by atoms with Gasteiger partial charge in [-0.15, -0.1) is 48.1 Å². The number of benzene rings is 4. The van der Waals surface area contributed by atoms with Crippen LogP contribution in [0.3, 0.4) is 0 Å². The monoisotopic (exact) mass is 770 g/mol. The molecule has 0 N–H and O–H groups in total. The minimum Gasteiger partial charge on any atom is -0.509 e. The van der Waals surface area contributed by atoms with Crippen LogP contribution in [0.25, 0.3) is 27.6 Å². The summed E-state index contributed by atoms with van der Waals surface area (Å²) in [5, 5.41) is 2.26. The first-order chi connectivity index (χ1) is 21.2. The number of nitrogens with zero attached hydrogens (tertiary/aromatic N) is 4. The Hall–Kier alpha value is -4.34. The SMILES string of the molecule is CC(C)c1ccnc(-n2c3[c-]c(Oc4[c-]c(N5C=CN(c6cccc(C(C)(C)C)c6)[CH-]5)ccc4)ccc3c3ccccc32)c1.[Pt]. The number of fused-ring (bicyclic) bond motifs is 3. The second kappa shape index (κ2) is 12.2. The molecule has 0 saturated heterocycles. The Morgan fingerprint density at radius 1 is 0.778 bits per heavy atom. The van der Waals surface area contributed by atoms with Crippen LogP contribution in [0.4, 0.5) is 11.4 Å². The molecule has 0 unspecified atom stereocenters. The first-order valence-electron chi connectivity index (χ1n) is 15.1. The van der Waals surface area contributed by atoms with Gasteiger partial charge in [-0.05, 0) is 70.6 Å². The molecule has 0 aliphatic carbocycles. The molecule has 7 rings (SSSR count). The predicted molar refractivity (Wildman–Crippen MR) is 180 cm³/mol. The molecule has 1 aliphatic rings. The largest absolute Gasteiger partial charge is 0.509 e. The van der Waals surface area contributed by atoms with Gasteiger partial charge in [-0.3, -0.25) is 0 Å². The molecule has 230 valence electrons. The summed E-state index contributed by atoms with van der Waals surface area (Å²) in [6.45, 7) is 13.2. The molecule has 0 radical (unpaired) electrons. The van der Waals surface area contributed by atoms with Gasteiger partial charge in [0.2, 0.25) is 0 Å². The normalized spacial score (nSPS) is 13.2. The molecule has 5 nitrogen and oxygen atoms in total. The van der Waals surface area contributed by atoms with Gasteiger partial charge < -0.3 is 19.1 Å². The van der Waals surface area contributed by atoms with Crippen LogP contribution in [-0.2, 0) is 26.5 Å². The van der Waals surface area contributed by atoms with Crippen LogP contribution in [0.2, 0.25) is 0 Å². The fourth-order valence-electron chi connectivity index (χ4n) is 5.63. The molecule has 0 bridgehead atoms. The van der Waals surface area contributed by atoms with Gasteiger partial charge in [-0.25, -0.2) is 4.98 Å². The van der Waals surface area contributed by atoms with Crippen molar-refractivity contribution in [3.8, 4) is 17.3 Å². The number of anilines is 2. The van der Waals surface area contributed by atoms with Crippen molar-refractivity contribution in [1.82, 2.24) is 9.55 Å². The summed E-state index contributed by atoms with van der Waals surface area (Å²) in [7, 11) is 0. The van der Waals surface area contributed by atoms with E-state index in [1.807, 2.05) is 36.7 Å². The average Bonchev–Trinajstić information content (AvgIpc) is 3.64. The molecule has 0 saturated carbocycles. The van der Waals surface area contributed by atoms with Crippen LogP contribution in [0.1, 0.15) is 51.7 Å². The van der Waals surface area contributed by atoms with Gasteiger partial charge in [-0.1, -0.05) is 70.5 Å². The molecule has 2 aromatic heterocycles. The van der Waals surface area contributed by atoms with Gasteiger partial charge >= 0.3 is 0 Å². The maximum absolute atomic E-state index is 6.38. The van der Waals surface area contributed by atoms with E-state index in [-0.39, 0.29) is 26.5 Å². The fraction of sp³-hybridized carbons (Fsp3) is 0.179. The zero-order valence-corrected chi connectivity index (χ0v) is 28.3. The van der Waals surface area contributed by atoms with E-state index < -0.39 is 0 Å². The Balaban J connectivity index is 0.00000357. The Kier molecular flexibility index (Phi) is 8.33. The van der Waals surface area contributed by atoms with Gasteiger partial charge in [0, 0.05) is 50.0 Å². The number of ether oxygens (including phenoxy) is 1. The average molecular weight is 771 g/mol. The summed E-state index contributed by atoms with van der Waals surface area (Å²) in [6, 6.07) is 38.3. The Morgan fingerprint density at radius 3 is 2.38 bits per heavy atom. The van der Waals surface area contributed by atoms with Gasteiger partial charge in [0.1, 0.15) is 5.82 Å². The van der Waals surface area contributed by atoms with Crippen LogP contribution < -0.4 is 14.5 Å². The third kappa shape index (κ3) is 6.02. The molecule has 0 amide bonds. The number of pyridine rings is 1. The molecule has 0 spiro atoms. The maximum Gasteiger partial charge on any atom is 0.135 e. The first kappa shape index (κ1) is 30.7. The molecule has 6 heteroatoms. The van der Waals surface area contributed by atoms with Crippen molar-refractivity contribution in [1.29, 1.82) is 0 Å². The van der Waals surface area contributed by atoms with Gasteiger partial charge in [0.05, 0.1) is 0 Å². The number of rotatable bonds is 6. The van der Waals surface area contributed by atoms with E-state index in [0.29, 0.717) is 17.4 Å². The zero-order chi connectivity index (χ0) is 30.4. The van der Waals surface area contributed by atoms with Crippen LogP contribution in [0.15, 0.2) is 110 Å². The van der Waals surface area contributed by atoms with Gasteiger partial charge in [0.15, 0.2) is 0 Å². The predicted octanol–water partition coefficient (Wildman–Crippen LogP) is 9.91. The van der Waals surface area contributed by atoms with Crippen molar-refractivity contribution in [3.63, 3.8) is 0 Å². The summed E-state index contributed by atoms with van der Waals surface area (Å²) in [5.74, 6) is 2.52. The number of hydrogen-bond acceptors (Lipinski definition) is 4. The number of hydrogen-bond donors (Lipinski definition) is 0. The molecule has 3 heterocycles. The van der Waals surface area contributed by atoms with E-state index >= 15 is 0 Å². The Bertz CT molecular complexity index is 2020. The number of aromatic nitrogens is 2. The summed E-state index contributed by atoms with van der Waals surface area (Å²) in [4.78, 5) is 8.93. The van der Waals surface area contributed by atoms with Crippen molar-refractivity contribution in [2.45, 2.75) is 46.0 Å². The summed E-state index contributed by atoms with van der Waals surface area (Å²) in [5.41, 5.74) is 6.65. The molecular formula is C39H35N4OPt-3. The zero-order valence-electron chi connectivity index (χ0n) is 26.1. The van der Waals surface area contributed by atoms with Crippen molar-refractivity contribution >= 4 is 33.2 Å². The molecule has 0 atom stereocenters.